The predicted molar refractivity (Wildman–Crippen MR) is 118 cm³/mol. The van der Waals surface area contributed by atoms with Gasteiger partial charge in [-0.05, 0) is 38.3 Å². The van der Waals surface area contributed by atoms with Crippen molar-refractivity contribution in [2.45, 2.75) is 51.2 Å². The van der Waals surface area contributed by atoms with E-state index >= 15 is 0 Å². The largest absolute Gasteiger partial charge is 0.480 e. The van der Waals surface area contributed by atoms with Crippen molar-refractivity contribution in [3.05, 3.63) is 84.4 Å². The van der Waals surface area contributed by atoms with Gasteiger partial charge < -0.3 is 9.64 Å². The molecular weight excluding hydrogens is 360 g/mol. The van der Waals surface area contributed by atoms with E-state index in [2.05, 4.69) is 25.6 Å². The Labute approximate surface area is 173 Å². The van der Waals surface area contributed by atoms with Crippen LogP contribution in [0.4, 0.5) is 0 Å². The first-order valence-corrected chi connectivity index (χ1v) is 10.3. The van der Waals surface area contributed by atoms with Gasteiger partial charge in [-0.3, -0.25) is 4.79 Å². The summed E-state index contributed by atoms with van der Waals surface area (Å²) in [5.74, 6) is 0.640. The van der Waals surface area contributed by atoms with Gasteiger partial charge in [-0.15, -0.1) is 6.58 Å². The molecule has 0 radical (unpaired) electrons. The number of hydrogen-bond acceptors (Lipinski definition) is 3. The van der Waals surface area contributed by atoms with Crippen LogP contribution in [-0.2, 0) is 16.0 Å². The van der Waals surface area contributed by atoms with Crippen molar-refractivity contribution in [1.29, 1.82) is 0 Å². The summed E-state index contributed by atoms with van der Waals surface area (Å²) in [6, 6.07) is 19.8. The van der Waals surface area contributed by atoms with Gasteiger partial charge in [-0.2, -0.15) is 0 Å². The summed E-state index contributed by atoms with van der Waals surface area (Å²) in [7, 11) is 0. The second-order valence-corrected chi connectivity index (χ2v) is 7.54. The van der Waals surface area contributed by atoms with E-state index in [1.807, 2.05) is 67.3 Å². The SMILES string of the molecule is C=CC[C@@]1(Cc2ccccc2)N=C(OCC)[C@@H](C)N([C@H](C)c2ccccc2)C1=O. The number of ether oxygens (including phenoxy) is 1. The van der Waals surface area contributed by atoms with Crippen LogP contribution >= 0.6 is 0 Å². The standard InChI is InChI=1S/C25H30N2O2/c1-5-17-25(18-21-13-9-7-10-14-21)24(28)27(20(4)23(26-25)29-6-2)19(3)22-15-11-8-12-16-22/h5,7-16,19-20H,1,6,17-18H2,2-4H3/t19-,20-,25+/m1/s1. The zero-order valence-electron chi connectivity index (χ0n) is 17.5. The molecule has 3 rings (SSSR count). The second kappa shape index (κ2) is 9.08. The van der Waals surface area contributed by atoms with Gasteiger partial charge in [0.15, 0.2) is 5.54 Å². The molecule has 0 saturated carbocycles. The van der Waals surface area contributed by atoms with Gasteiger partial charge in [-0.25, -0.2) is 4.99 Å². The van der Waals surface area contributed by atoms with Crippen LogP contribution in [0.3, 0.4) is 0 Å². The zero-order valence-corrected chi connectivity index (χ0v) is 17.5. The fraction of sp³-hybridized carbons (Fsp3) is 0.360. The predicted octanol–water partition coefficient (Wildman–Crippen LogP) is 4.97. The Morgan fingerprint density at radius 3 is 2.38 bits per heavy atom. The van der Waals surface area contributed by atoms with Crippen molar-refractivity contribution < 1.29 is 9.53 Å². The number of amides is 1. The molecular formula is C25H30N2O2. The van der Waals surface area contributed by atoms with Crippen molar-refractivity contribution in [2.24, 2.45) is 4.99 Å². The minimum Gasteiger partial charge on any atom is -0.480 e. The van der Waals surface area contributed by atoms with E-state index in [1.54, 1.807) is 6.08 Å². The molecule has 0 unspecified atom stereocenters. The molecule has 4 heteroatoms. The molecule has 0 spiro atoms. The zero-order chi connectivity index (χ0) is 20.9. The maximum atomic E-state index is 13.9. The highest BCUT2D eigenvalue weighted by atomic mass is 16.5. The van der Waals surface area contributed by atoms with Crippen molar-refractivity contribution in [3.8, 4) is 0 Å². The second-order valence-electron chi connectivity index (χ2n) is 7.54. The van der Waals surface area contributed by atoms with E-state index in [0.717, 1.165) is 11.1 Å². The number of carbonyl (C=O) groups is 1. The Balaban J connectivity index is 2.08. The van der Waals surface area contributed by atoms with Crippen molar-refractivity contribution in [1.82, 2.24) is 4.90 Å². The van der Waals surface area contributed by atoms with Crippen LogP contribution < -0.4 is 0 Å². The van der Waals surface area contributed by atoms with E-state index in [4.69, 9.17) is 9.73 Å². The molecule has 4 nitrogen and oxygen atoms in total. The molecule has 0 N–H and O–H groups in total. The lowest BCUT2D eigenvalue weighted by molar-refractivity contribution is -0.142. The third-order valence-electron chi connectivity index (χ3n) is 5.54. The number of rotatable bonds is 7. The Bertz CT molecular complexity index is 863. The highest BCUT2D eigenvalue weighted by molar-refractivity contribution is 5.98. The normalized spacial score (nSPS) is 22.7. The molecule has 1 amide bonds. The molecule has 0 saturated heterocycles. The lowest BCUT2D eigenvalue weighted by Crippen LogP contribution is -2.59. The first-order valence-electron chi connectivity index (χ1n) is 10.3. The van der Waals surface area contributed by atoms with Crippen LogP contribution in [0, 0.1) is 0 Å². The number of benzene rings is 2. The molecule has 1 aliphatic rings. The third kappa shape index (κ3) is 4.26. The molecule has 0 bridgehead atoms. The van der Waals surface area contributed by atoms with Gasteiger partial charge in [0.25, 0.3) is 5.91 Å². The number of carbonyl (C=O) groups excluding carboxylic acids is 1. The van der Waals surface area contributed by atoms with Gasteiger partial charge in [0.2, 0.25) is 5.90 Å². The lowest BCUT2D eigenvalue weighted by Gasteiger charge is -2.45. The molecule has 1 heterocycles. The van der Waals surface area contributed by atoms with Gasteiger partial charge in [0, 0.05) is 6.42 Å². The average molecular weight is 391 g/mol. The summed E-state index contributed by atoms with van der Waals surface area (Å²) >= 11 is 0. The molecule has 3 atom stereocenters. The van der Waals surface area contributed by atoms with E-state index < -0.39 is 5.54 Å². The maximum Gasteiger partial charge on any atom is 0.252 e. The third-order valence-corrected chi connectivity index (χ3v) is 5.54. The lowest BCUT2D eigenvalue weighted by atomic mass is 9.83. The fourth-order valence-corrected chi connectivity index (χ4v) is 4.08. The molecule has 29 heavy (non-hydrogen) atoms. The average Bonchev–Trinajstić information content (AvgIpc) is 2.74. The summed E-state index contributed by atoms with van der Waals surface area (Å²) in [6.45, 7) is 10.4. The monoisotopic (exact) mass is 390 g/mol. The van der Waals surface area contributed by atoms with E-state index in [9.17, 15) is 4.79 Å². The molecule has 2 aromatic rings. The Kier molecular flexibility index (Phi) is 6.53. The fourth-order valence-electron chi connectivity index (χ4n) is 4.08. The quantitative estimate of drug-likeness (QED) is 0.626. The van der Waals surface area contributed by atoms with E-state index in [1.165, 1.54) is 0 Å². The topological polar surface area (TPSA) is 41.9 Å². The Morgan fingerprint density at radius 1 is 1.17 bits per heavy atom. The molecule has 0 aromatic heterocycles. The summed E-state index contributed by atoms with van der Waals surface area (Å²) in [5, 5.41) is 0. The van der Waals surface area contributed by atoms with Gasteiger partial charge in [-0.1, -0.05) is 66.7 Å². The van der Waals surface area contributed by atoms with Crippen molar-refractivity contribution >= 4 is 11.8 Å². The Morgan fingerprint density at radius 2 is 1.79 bits per heavy atom. The summed E-state index contributed by atoms with van der Waals surface area (Å²) < 4.78 is 5.92. The minimum atomic E-state index is -0.941. The molecule has 1 aliphatic heterocycles. The summed E-state index contributed by atoms with van der Waals surface area (Å²) in [6.07, 6.45) is 2.76. The van der Waals surface area contributed by atoms with Gasteiger partial charge in [0.05, 0.1) is 12.6 Å². The molecule has 2 aromatic carbocycles. The first kappa shape index (κ1) is 20.8. The minimum absolute atomic E-state index is 0.0218. The van der Waals surface area contributed by atoms with Crippen LogP contribution in [0.5, 0.6) is 0 Å². The highest BCUT2D eigenvalue weighted by Gasteiger charge is 2.49. The van der Waals surface area contributed by atoms with Crippen LogP contribution in [0.1, 0.15) is 44.4 Å². The van der Waals surface area contributed by atoms with Crippen molar-refractivity contribution in [2.75, 3.05) is 6.61 Å². The first-order chi connectivity index (χ1) is 14.0. The molecule has 0 aliphatic carbocycles. The van der Waals surface area contributed by atoms with Gasteiger partial charge in [0.1, 0.15) is 6.04 Å². The van der Waals surface area contributed by atoms with E-state index in [0.29, 0.717) is 25.3 Å². The number of hydrogen-bond donors (Lipinski definition) is 0. The number of nitrogens with zero attached hydrogens (tertiary/aromatic N) is 2. The van der Waals surface area contributed by atoms with Gasteiger partial charge >= 0.3 is 0 Å². The molecule has 0 fully saturated rings. The maximum absolute atomic E-state index is 13.9. The van der Waals surface area contributed by atoms with Crippen LogP contribution in [0.2, 0.25) is 0 Å². The smallest absolute Gasteiger partial charge is 0.252 e. The van der Waals surface area contributed by atoms with Crippen molar-refractivity contribution in [3.63, 3.8) is 0 Å². The summed E-state index contributed by atoms with van der Waals surface area (Å²) in [4.78, 5) is 20.8. The van der Waals surface area contributed by atoms with Crippen LogP contribution in [0.15, 0.2) is 78.3 Å². The highest BCUT2D eigenvalue weighted by Crippen LogP contribution is 2.36. The van der Waals surface area contributed by atoms with Crippen LogP contribution in [-0.4, -0.2) is 34.9 Å². The summed E-state index contributed by atoms with van der Waals surface area (Å²) in [5.41, 5.74) is 1.23. The number of aliphatic imine (C=N–C) groups is 1. The Hall–Kier alpha value is -2.88. The molecule has 152 valence electrons. The van der Waals surface area contributed by atoms with E-state index in [-0.39, 0.29) is 18.0 Å². The van der Waals surface area contributed by atoms with Crippen LogP contribution in [0.25, 0.3) is 0 Å².